The fraction of sp³-hybridized carbons (Fsp3) is 0.727. The summed E-state index contributed by atoms with van der Waals surface area (Å²) in [6.45, 7) is 2.53. The van der Waals surface area contributed by atoms with Crippen molar-refractivity contribution in [3.05, 3.63) is 12.4 Å². The first-order chi connectivity index (χ1) is 8.66. The van der Waals surface area contributed by atoms with Gasteiger partial charge >= 0.3 is 0 Å². The monoisotopic (exact) mass is 253 g/mol. The van der Waals surface area contributed by atoms with Gasteiger partial charge in [0.2, 0.25) is 5.91 Å². The maximum absolute atomic E-state index is 11.9. The van der Waals surface area contributed by atoms with Crippen LogP contribution < -0.4 is 5.32 Å². The van der Waals surface area contributed by atoms with E-state index in [4.69, 9.17) is 0 Å². The highest BCUT2D eigenvalue weighted by atomic mass is 16.3. The molecule has 0 aliphatic carbocycles. The third kappa shape index (κ3) is 3.27. The smallest absolute Gasteiger partial charge is 0.227 e. The van der Waals surface area contributed by atoms with E-state index < -0.39 is 6.10 Å². The van der Waals surface area contributed by atoms with Gasteiger partial charge in [0.25, 0.3) is 0 Å². The van der Waals surface area contributed by atoms with Crippen LogP contribution in [0, 0.1) is 5.92 Å². The quantitative estimate of drug-likeness (QED) is 0.697. The summed E-state index contributed by atoms with van der Waals surface area (Å²) in [6, 6.07) is 0. The summed E-state index contributed by atoms with van der Waals surface area (Å²) in [5, 5.41) is 20.1. The lowest BCUT2D eigenvalue weighted by molar-refractivity contribution is -0.131. The Labute approximate surface area is 106 Å². The molecule has 100 valence electrons. The Morgan fingerprint density at radius 2 is 2.44 bits per heavy atom. The zero-order valence-corrected chi connectivity index (χ0v) is 10.5. The molecule has 0 unspecified atom stereocenters. The van der Waals surface area contributed by atoms with Crippen LogP contribution in [0.4, 0.5) is 0 Å². The van der Waals surface area contributed by atoms with E-state index in [1.165, 1.54) is 0 Å². The average Bonchev–Trinajstić information content (AvgIpc) is 2.85. The Morgan fingerprint density at radius 3 is 3.17 bits per heavy atom. The second-order valence-corrected chi connectivity index (χ2v) is 4.68. The molecule has 0 aromatic carbocycles. The molecule has 18 heavy (non-hydrogen) atoms. The molecule has 2 rings (SSSR count). The number of likely N-dealkylation sites (tertiary alicyclic amines) is 1. The largest absolute Gasteiger partial charge is 0.392 e. The Kier molecular flexibility index (Phi) is 4.27. The van der Waals surface area contributed by atoms with Gasteiger partial charge in [-0.2, -0.15) is 0 Å². The number of carbonyl (C=O) groups is 1. The number of aliphatic hydroxyl groups is 1. The SMILES string of the molecule is CN1CC[C@H](O)[C@H](C(=O)NCCn2ccnn2)C1. The van der Waals surface area contributed by atoms with Gasteiger partial charge in [0.05, 0.1) is 24.8 Å². The summed E-state index contributed by atoms with van der Waals surface area (Å²) in [5.41, 5.74) is 0. The molecule has 1 aliphatic heterocycles. The minimum Gasteiger partial charge on any atom is -0.392 e. The Hall–Kier alpha value is -1.47. The number of amides is 1. The van der Waals surface area contributed by atoms with Crippen molar-refractivity contribution in [3.63, 3.8) is 0 Å². The van der Waals surface area contributed by atoms with E-state index >= 15 is 0 Å². The van der Waals surface area contributed by atoms with Crippen molar-refractivity contribution in [1.29, 1.82) is 0 Å². The number of aromatic nitrogens is 3. The topological polar surface area (TPSA) is 83.3 Å². The number of nitrogens with one attached hydrogen (secondary N) is 1. The summed E-state index contributed by atoms with van der Waals surface area (Å²) in [5.74, 6) is -0.423. The molecule has 7 nitrogen and oxygen atoms in total. The molecule has 1 aromatic heterocycles. The molecule has 0 radical (unpaired) electrons. The summed E-state index contributed by atoms with van der Waals surface area (Å²) < 4.78 is 1.66. The molecular weight excluding hydrogens is 234 g/mol. The number of rotatable bonds is 4. The third-order valence-electron chi connectivity index (χ3n) is 3.23. The molecule has 1 fully saturated rings. The number of nitrogens with zero attached hydrogens (tertiary/aromatic N) is 4. The predicted molar refractivity (Wildman–Crippen MR) is 64.6 cm³/mol. The van der Waals surface area contributed by atoms with Gasteiger partial charge in [-0.1, -0.05) is 5.21 Å². The lowest BCUT2D eigenvalue weighted by Gasteiger charge is -2.32. The van der Waals surface area contributed by atoms with Gasteiger partial charge in [0.1, 0.15) is 0 Å². The first kappa shape index (κ1) is 13.0. The fourth-order valence-corrected chi connectivity index (χ4v) is 2.14. The molecule has 0 bridgehead atoms. The lowest BCUT2D eigenvalue weighted by atomic mass is 9.94. The van der Waals surface area contributed by atoms with Crippen LogP contribution in [-0.2, 0) is 11.3 Å². The molecule has 0 spiro atoms. The normalized spacial score (nSPS) is 25.0. The van der Waals surface area contributed by atoms with Crippen molar-refractivity contribution >= 4 is 5.91 Å². The van der Waals surface area contributed by atoms with Gasteiger partial charge in [-0.05, 0) is 13.5 Å². The molecule has 1 aliphatic rings. The molecule has 0 saturated carbocycles. The zero-order valence-electron chi connectivity index (χ0n) is 10.5. The Bertz CT molecular complexity index is 381. The van der Waals surface area contributed by atoms with E-state index in [1.807, 2.05) is 7.05 Å². The molecular formula is C11H19N5O2. The second-order valence-electron chi connectivity index (χ2n) is 4.68. The van der Waals surface area contributed by atoms with Gasteiger partial charge in [0.15, 0.2) is 0 Å². The standard InChI is InChI=1S/C11H19N5O2/c1-15-5-2-10(17)9(8-15)11(18)12-3-6-16-7-4-13-14-16/h4,7,9-10,17H,2-3,5-6,8H2,1H3,(H,12,18)/t9-,10+/m1/s1. The Balaban J connectivity index is 1.76. The molecule has 2 heterocycles. The summed E-state index contributed by atoms with van der Waals surface area (Å²) >= 11 is 0. The van der Waals surface area contributed by atoms with Crippen LogP contribution >= 0.6 is 0 Å². The first-order valence-electron chi connectivity index (χ1n) is 6.15. The van der Waals surface area contributed by atoms with Crippen LogP contribution in [0.3, 0.4) is 0 Å². The molecule has 2 N–H and O–H groups in total. The summed E-state index contributed by atoms with van der Waals surface area (Å²) in [4.78, 5) is 14.0. The molecule has 1 aromatic rings. The summed E-state index contributed by atoms with van der Waals surface area (Å²) in [6.07, 6.45) is 3.46. The van der Waals surface area contributed by atoms with Crippen LogP contribution in [0.1, 0.15) is 6.42 Å². The van der Waals surface area contributed by atoms with E-state index in [1.54, 1.807) is 17.1 Å². The average molecular weight is 253 g/mol. The molecule has 7 heteroatoms. The maximum atomic E-state index is 11.9. The number of aliphatic hydroxyl groups excluding tert-OH is 1. The predicted octanol–water partition coefficient (Wildman–Crippen LogP) is -1.29. The number of hydrogen-bond acceptors (Lipinski definition) is 5. The van der Waals surface area contributed by atoms with Crippen molar-refractivity contribution < 1.29 is 9.90 Å². The number of hydrogen-bond donors (Lipinski definition) is 2. The van der Waals surface area contributed by atoms with Crippen molar-refractivity contribution in [2.24, 2.45) is 5.92 Å². The van der Waals surface area contributed by atoms with Gasteiger partial charge in [0, 0.05) is 25.8 Å². The highest BCUT2D eigenvalue weighted by molar-refractivity contribution is 5.79. The van der Waals surface area contributed by atoms with Crippen molar-refractivity contribution in [2.45, 2.75) is 19.1 Å². The molecule has 1 saturated heterocycles. The van der Waals surface area contributed by atoms with E-state index in [0.29, 0.717) is 26.1 Å². The molecule has 1 amide bonds. The molecule has 2 atom stereocenters. The van der Waals surface area contributed by atoms with E-state index in [0.717, 1.165) is 6.54 Å². The van der Waals surface area contributed by atoms with Crippen LogP contribution in [0.5, 0.6) is 0 Å². The third-order valence-corrected chi connectivity index (χ3v) is 3.23. The van der Waals surface area contributed by atoms with Crippen LogP contribution in [0.15, 0.2) is 12.4 Å². The van der Waals surface area contributed by atoms with Crippen LogP contribution in [0.25, 0.3) is 0 Å². The van der Waals surface area contributed by atoms with Gasteiger partial charge in [-0.3, -0.25) is 9.48 Å². The van der Waals surface area contributed by atoms with Crippen molar-refractivity contribution in [1.82, 2.24) is 25.2 Å². The fourth-order valence-electron chi connectivity index (χ4n) is 2.14. The highest BCUT2D eigenvalue weighted by Crippen LogP contribution is 2.15. The van der Waals surface area contributed by atoms with Crippen LogP contribution in [0.2, 0.25) is 0 Å². The van der Waals surface area contributed by atoms with E-state index in [9.17, 15) is 9.90 Å². The number of carbonyl (C=O) groups excluding carboxylic acids is 1. The van der Waals surface area contributed by atoms with E-state index in [2.05, 4.69) is 20.5 Å². The highest BCUT2D eigenvalue weighted by Gasteiger charge is 2.31. The van der Waals surface area contributed by atoms with E-state index in [-0.39, 0.29) is 11.8 Å². The van der Waals surface area contributed by atoms with Crippen molar-refractivity contribution in [3.8, 4) is 0 Å². The zero-order chi connectivity index (χ0) is 13.0. The van der Waals surface area contributed by atoms with Crippen molar-refractivity contribution in [2.75, 3.05) is 26.7 Å². The van der Waals surface area contributed by atoms with Crippen LogP contribution in [-0.4, -0.2) is 63.7 Å². The van der Waals surface area contributed by atoms with Gasteiger partial charge in [-0.15, -0.1) is 5.10 Å². The minimum atomic E-state index is -0.535. The van der Waals surface area contributed by atoms with Gasteiger partial charge in [-0.25, -0.2) is 0 Å². The minimum absolute atomic E-state index is 0.0887. The summed E-state index contributed by atoms with van der Waals surface area (Å²) in [7, 11) is 1.96. The lowest BCUT2D eigenvalue weighted by Crippen LogP contribution is -2.49. The maximum Gasteiger partial charge on any atom is 0.227 e. The second kappa shape index (κ2) is 5.92. The first-order valence-corrected chi connectivity index (χ1v) is 6.15. The number of piperidine rings is 1. The Morgan fingerprint density at radius 1 is 1.61 bits per heavy atom. The van der Waals surface area contributed by atoms with Gasteiger partial charge < -0.3 is 15.3 Å².